The summed E-state index contributed by atoms with van der Waals surface area (Å²) in [5.41, 5.74) is -0.644. The van der Waals surface area contributed by atoms with Crippen LogP contribution in [0.25, 0.3) is 0 Å². The van der Waals surface area contributed by atoms with Crippen LogP contribution in [0.2, 0.25) is 0 Å². The van der Waals surface area contributed by atoms with Crippen molar-refractivity contribution in [2.24, 2.45) is 11.8 Å². The van der Waals surface area contributed by atoms with Gasteiger partial charge in [-0.25, -0.2) is 4.98 Å². The van der Waals surface area contributed by atoms with Gasteiger partial charge in [-0.3, -0.25) is 0 Å². The second-order valence-electron chi connectivity index (χ2n) is 5.82. The molecule has 1 aliphatic rings. The first-order valence-corrected chi connectivity index (χ1v) is 7.39. The molecule has 118 valence electrons. The Hall–Kier alpha value is -1.46. The van der Waals surface area contributed by atoms with Crippen LogP contribution in [0, 0.1) is 11.8 Å². The number of nitrogens with one attached hydrogen (secondary N) is 1. The summed E-state index contributed by atoms with van der Waals surface area (Å²) < 4.78 is 39.1. The van der Waals surface area contributed by atoms with Crippen LogP contribution in [-0.4, -0.2) is 24.6 Å². The number of rotatable bonds is 3. The molecule has 6 heteroatoms. The van der Waals surface area contributed by atoms with Crippen LogP contribution in [0.1, 0.15) is 32.8 Å². The molecule has 0 amide bonds. The highest BCUT2D eigenvalue weighted by Gasteiger charge is 2.33. The molecule has 0 aromatic carbocycles. The Kier molecular flexibility index (Phi) is 4.64. The molecule has 1 aliphatic heterocycles. The van der Waals surface area contributed by atoms with Gasteiger partial charge >= 0.3 is 6.18 Å². The van der Waals surface area contributed by atoms with E-state index in [9.17, 15) is 13.2 Å². The summed E-state index contributed by atoms with van der Waals surface area (Å²) in [5, 5.41) is 2.88. The Bertz CT molecular complexity index is 488. The standard InChI is InChI=1S/C15H22F3N3/c1-4-19-13-7-12(15(16,17)18)8-14(20-13)21-6-5-10(2)11(3)9-21/h7-8,10-11H,4-6,9H2,1-3H3,(H,19,20). The Balaban J connectivity index is 2.31. The van der Waals surface area contributed by atoms with E-state index in [0.717, 1.165) is 31.6 Å². The number of pyridine rings is 1. The highest BCUT2D eigenvalue weighted by atomic mass is 19.4. The molecule has 1 aromatic rings. The van der Waals surface area contributed by atoms with Crippen LogP contribution < -0.4 is 10.2 Å². The molecule has 3 nitrogen and oxygen atoms in total. The fourth-order valence-electron chi connectivity index (χ4n) is 2.58. The van der Waals surface area contributed by atoms with Crippen molar-refractivity contribution in [3.05, 3.63) is 17.7 Å². The van der Waals surface area contributed by atoms with E-state index in [2.05, 4.69) is 24.1 Å². The zero-order valence-electron chi connectivity index (χ0n) is 12.7. The summed E-state index contributed by atoms with van der Waals surface area (Å²) in [6, 6.07) is 2.23. The Morgan fingerprint density at radius 1 is 1.29 bits per heavy atom. The fraction of sp³-hybridized carbons (Fsp3) is 0.667. The van der Waals surface area contributed by atoms with Crippen LogP contribution in [0.5, 0.6) is 0 Å². The molecule has 1 N–H and O–H groups in total. The third kappa shape index (κ3) is 3.80. The minimum atomic E-state index is -4.35. The number of aromatic nitrogens is 1. The first kappa shape index (κ1) is 15.9. The molecular weight excluding hydrogens is 279 g/mol. The molecule has 1 fully saturated rings. The highest BCUT2D eigenvalue weighted by molar-refractivity contribution is 5.51. The number of nitrogens with zero attached hydrogens (tertiary/aromatic N) is 2. The third-order valence-electron chi connectivity index (χ3n) is 4.16. The Morgan fingerprint density at radius 3 is 2.57 bits per heavy atom. The van der Waals surface area contributed by atoms with E-state index in [0.29, 0.717) is 24.2 Å². The lowest BCUT2D eigenvalue weighted by molar-refractivity contribution is -0.137. The van der Waals surface area contributed by atoms with Crippen molar-refractivity contribution >= 4 is 11.6 Å². The molecule has 0 radical (unpaired) electrons. The molecule has 0 saturated carbocycles. The topological polar surface area (TPSA) is 28.2 Å². The molecule has 0 bridgehead atoms. The SMILES string of the molecule is CCNc1cc(C(F)(F)F)cc(N2CCC(C)C(C)C2)n1. The third-order valence-corrected chi connectivity index (χ3v) is 4.16. The molecule has 1 saturated heterocycles. The molecule has 0 spiro atoms. The summed E-state index contributed by atoms with van der Waals surface area (Å²) in [6.07, 6.45) is -3.37. The number of halogens is 3. The summed E-state index contributed by atoms with van der Waals surface area (Å²) in [5.74, 6) is 1.76. The van der Waals surface area contributed by atoms with E-state index in [-0.39, 0.29) is 5.82 Å². The van der Waals surface area contributed by atoms with Crippen LogP contribution in [0.15, 0.2) is 12.1 Å². The highest BCUT2D eigenvalue weighted by Crippen LogP contribution is 2.34. The lowest BCUT2D eigenvalue weighted by atomic mass is 9.89. The van der Waals surface area contributed by atoms with Crippen molar-refractivity contribution in [3.63, 3.8) is 0 Å². The van der Waals surface area contributed by atoms with E-state index in [4.69, 9.17) is 0 Å². The maximum absolute atomic E-state index is 13.0. The van der Waals surface area contributed by atoms with Crippen LogP contribution >= 0.6 is 0 Å². The largest absolute Gasteiger partial charge is 0.416 e. The summed E-state index contributed by atoms with van der Waals surface area (Å²) >= 11 is 0. The number of hydrogen-bond donors (Lipinski definition) is 1. The van der Waals surface area contributed by atoms with E-state index >= 15 is 0 Å². The molecule has 2 heterocycles. The number of piperidine rings is 1. The van der Waals surface area contributed by atoms with E-state index in [1.165, 1.54) is 0 Å². The minimum absolute atomic E-state index is 0.286. The van der Waals surface area contributed by atoms with Crippen LogP contribution in [0.4, 0.5) is 24.8 Å². The van der Waals surface area contributed by atoms with Crippen molar-refractivity contribution in [1.29, 1.82) is 0 Å². The molecule has 2 atom stereocenters. The number of hydrogen-bond acceptors (Lipinski definition) is 3. The van der Waals surface area contributed by atoms with E-state index < -0.39 is 11.7 Å². The van der Waals surface area contributed by atoms with Crippen molar-refractivity contribution in [1.82, 2.24) is 4.98 Å². The fourth-order valence-corrected chi connectivity index (χ4v) is 2.58. The van der Waals surface area contributed by atoms with Gasteiger partial charge in [-0.1, -0.05) is 13.8 Å². The zero-order valence-corrected chi connectivity index (χ0v) is 12.7. The molecule has 21 heavy (non-hydrogen) atoms. The molecule has 2 rings (SSSR count). The monoisotopic (exact) mass is 301 g/mol. The first-order chi connectivity index (χ1) is 9.81. The lowest BCUT2D eigenvalue weighted by Gasteiger charge is -2.36. The number of alkyl halides is 3. The average molecular weight is 301 g/mol. The first-order valence-electron chi connectivity index (χ1n) is 7.39. The van der Waals surface area contributed by atoms with Crippen molar-refractivity contribution in [3.8, 4) is 0 Å². The van der Waals surface area contributed by atoms with E-state index in [1.54, 1.807) is 0 Å². The molecular formula is C15H22F3N3. The smallest absolute Gasteiger partial charge is 0.370 e. The van der Waals surface area contributed by atoms with Gasteiger partial charge in [-0.2, -0.15) is 13.2 Å². The summed E-state index contributed by atoms with van der Waals surface area (Å²) in [6.45, 7) is 8.21. The normalized spacial score (nSPS) is 23.2. The predicted octanol–water partition coefficient (Wildman–Crippen LogP) is 4.01. The molecule has 0 aliphatic carbocycles. The maximum Gasteiger partial charge on any atom is 0.416 e. The van der Waals surface area contributed by atoms with Gasteiger partial charge in [0.2, 0.25) is 0 Å². The Morgan fingerprint density at radius 2 is 2.00 bits per heavy atom. The predicted molar refractivity (Wildman–Crippen MR) is 78.6 cm³/mol. The molecule has 2 unspecified atom stereocenters. The quantitative estimate of drug-likeness (QED) is 0.914. The summed E-state index contributed by atoms with van der Waals surface area (Å²) in [4.78, 5) is 6.29. The van der Waals surface area contributed by atoms with Crippen LogP contribution in [-0.2, 0) is 6.18 Å². The van der Waals surface area contributed by atoms with Crippen molar-refractivity contribution < 1.29 is 13.2 Å². The lowest BCUT2D eigenvalue weighted by Crippen LogP contribution is -2.39. The van der Waals surface area contributed by atoms with Crippen LogP contribution in [0.3, 0.4) is 0 Å². The second kappa shape index (κ2) is 6.12. The summed E-state index contributed by atoms with van der Waals surface area (Å²) in [7, 11) is 0. The Labute approximate surface area is 123 Å². The minimum Gasteiger partial charge on any atom is -0.370 e. The molecule has 1 aromatic heterocycles. The van der Waals surface area contributed by atoms with E-state index in [1.807, 2.05) is 11.8 Å². The van der Waals surface area contributed by atoms with Gasteiger partial charge in [-0.15, -0.1) is 0 Å². The van der Waals surface area contributed by atoms with Crippen molar-refractivity contribution in [2.45, 2.75) is 33.4 Å². The van der Waals surface area contributed by atoms with Gasteiger partial charge in [0.25, 0.3) is 0 Å². The maximum atomic E-state index is 13.0. The van der Waals surface area contributed by atoms with Gasteiger partial charge in [0, 0.05) is 19.6 Å². The average Bonchev–Trinajstić information content (AvgIpc) is 2.41. The van der Waals surface area contributed by atoms with Gasteiger partial charge in [-0.05, 0) is 37.3 Å². The van der Waals surface area contributed by atoms with Gasteiger partial charge < -0.3 is 10.2 Å². The van der Waals surface area contributed by atoms with Gasteiger partial charge in [0.05, 0.1) is 5.56 Å². The zero-order chi connectivity index (χ0) is 15.6. The second-order valence-corrected chi connectivity index (χ2v) is 5.82. The van der Waals surface area contributed by atoms with Crippen molar-refractivity contribution in [2.75, 3.05) is 29.9 Å². The van der Waals surface area contributed by atoms with Gasteiger partial charge in [0.1, 0.15) is 11.6 Å². The number of anilines is 2. The van der Waals surface area contributed by atoms with Gasteiger partial charge in [0.15, 0.2) is 0 Å².